The van der Waals surface area contributed by atoms with E-state index in [0.717, 1.165) is 24.8 Å². The minimum absolute atomic E-state index is 0.0375. The highest BCUT2D eigenvalue weighted by Crippen LogP contribution is 2.26. The van der Waals surface area contributed by atoms with Gasteiger partial charge in [0, 0.05) is 25.6 Å². The number of nitrogens with zero attached hydrogens (tertiary/aromatic N) is 1. The molecule has 2 amide bonds. The molecule has 0 saturated carbocycles. The van der Waals surface area contributed by atoms with Crippen LogP contribution in [0.25, 0.3) is 0 Å². The second kappa shape index (κ2) is 8.67. The Kier molecular flexibility index (Phi) is 6.59. The van der Waals surface area contributed by atoms with Crippen molar-refractivity contribution in [2.75, 3.05) is 13.2 Å². The molecule has 2 rings (SSSR count). The summed E-state index contributed by atoms with van der Waals surface area (Å²) >= 11 is 0. The number of piperidine rings is 1. The SMILES string of the molecule is CCC(CCO)NC(=O)C(c1ccccc1)N1CCCCC1=O. The van der Waals surface area contributed by atoms with Crippen LogP contribution in [0, 0.1) is 0 Å². The summed E-state index contributed by atoms with van der Waals surface area (Å²) in [4.78, 5) is 26.8. The number of hydrogen-bond donors (Lipinski definition) is 2. The van der Waals surface area contributed by atoms with Gasteiger partial charge < -0.3 is 15.3 Å². The van der Waals surface area contributed by atoms with E-state index in [-0.39, 0.29) is 24.5 Å². The predicted octanol–water partition coefficient (Wildman–Crippen LogP) is 2.02. The van der Waals surface area contributed by atoms with E-state index in [9.17, 15) is 9.59 Å². The van der Waals surface area contributed by atoms with Gasteiger partial charge in [0.15, 0.2) is 0 Å². The maximum Gasteiger partial charge on any atom is 0.247 e. The number of benzene rings is 1. The Labute approximate surface area is 137 Å². The molecule has 1 heterocycles. The molecule has 0 aromatic heterocycles. The number of likely N-dealkylation sites (tertiary alicyclic amines) is 1. The van der Waals surface area contributed by atoms with Gasteiger partial charge in [0.2, 0.25) is 11.8 Å². The molecule has 23 heavy (non-hydrogen) atoms. The fourth-order valence-electron chi connectivity index (χ4n) is 3.02. The van der Waals surface area contributed by atoms with Gasteiger partial charge in [-0.25, -0.2) is 0 Å². The highest BCUT2D eigenvalue weighted by atomic mass is 16.3. The van der Waals surface area contributed by atoms with Crippen LogP contribution >= 0.6 is 0 Å². The van der Waals surface area contributed by atoms with Crippen molar-refractivity contribution in [2.45, 2.75) is 51.1 Å². The lowest BCUT2D eigenvalue weighted by molar-refractivity contribution is -0.143. The molecule has 0 spiro atoms. The van der Waals surface area contributed by atoms with E-state index in [1.165, 1.54) is 0 Å². The molecule has 0 radical (unpaired) electrons. The summed E-state index contributed by atoms with van der Waals surface area (Å²) in [6, 6.07) is 8.79. The fourth-order valence-corrected chi connectivity index (χ4v) is 3.02. The molecule has 1 saturated heterocycles. The lowest BCUT2D eigenvalue weighted by Crippen LogP contribution is -2.48. The van der Waals surface area contributed by atoms with E-state index >= 15 is 0 Å². The second-order valence-electron chi connectivity index (χ2n) is 5.98. The Balaban J connectivity index is 2.22. The molecule has 1 aliphatic heterocycles. The summed E-state index contributed by atoms with van der Waals surface area (Å²) in [6.07, 6.45) is 3.60. The van der Waals surface area contributed by atoms with Crippen LogP contribution in [0.5, 0.6) is 0 Å². The molecular formula is C18H26N2O3. The van der Waals surface area contributed by atoms with E-state index in [0.29, 0.717) is 19.4 Å². The number of amides is 2. The van der Waals surface area contributed by atoms with Gasteiger partial charge in [0.1, 0.15) is 6.04 Å². The van der Waals surface area contributed by atoms with E-state index in [1.807, 2.05) is 37.3 Å². The Morgan fingerprint density at radius 2 is 2.04 bits per heavy atom. The molecule has 0 bridgehead atoms. The summed E-state index contributed by atoms with van der Waals surface area (Å²) < 4.78 is 0. The zero-order chi connectivity index (χ0) is 16.7. The van der Waals surface area contributed by atoms with Crippen molar-refractivity contribution in [3.8, 4) is 0 Å². The highest BCUT2D eigenvalue weighted by molar-refractivity contribution is 5.89. The molecular weight excluding hydrogens is 292 g/mol. The summed E-state index contributed by atoms with van der Waals surface area (Å²) in [7, 11) is 0. The van der Waals surface area contributed by atoms with Crippen LogP contribution in [-0.4, -0.2) is 41.0 Å². The minimum Gasteiger partial charge on any atom is -0.396 e. The van der Waals surface area contributed by atoms with Gasteiger partial charge in [-0.15, -0.1) is 0 Å². The Bertz CT molecular complexity index is 518. The highest BCUT2D eigenvalue weighted by Gasteiger charge is 2.33. The van der Waals surface area contributed by atoms with Crippen molar-refractivity contribution in [3.05, 3.63) is 35.9 Å². The zero-order valence-corrected chi connectivity index (χ0v) is 13.7. The minimum atomic E-state index is -0.586. The van der Waals surface area contributed by atoms with Gasteiger partial charge in [0.05, 0.1) is 0 Å². The van der Waals surface area contributed by atoms with Crippen LogP contribution in [0.15, 0.2) is 30.3 Å². The average molecular weight is 318 g/mol. The molecule has 0 aliphatic carbocycles. The first-order valence-electron chi connectivity index (χ1n) is 8.43. The molecule has 1 aliphatic rings. The van der Waals surface area contributed by atoms with Crippen LogP contribution in [0.3, 0.4) is 0 Å². The number of aliphatic hydroxyl groups excluding tert-OH is 1. The zero-order valence-electron chi connectivity index (χ0n) is 13.7. The fraction of sp³-hybridized carbons (Fsp3) is 0.556. The second-order valence-corrected chi connectivity index (χ2v) is 5.98. The van der Waals surface area contributed by atoms with Crippen LogP contribution in [0.1, 0.15) is 50.6 Å². The van der Waals surface area contributed by atoms with Crippen molar-refractivity contribution in [3.63, 3.8) is 0 Å². The van der Waals surface area contributed by atoms with Gasteiger partial charge in [-0.1, -0.05) is 37.3 Å². The molecule has 1 aromatic rings. The molecule has 5 heteroatoms. The molecule has 126 valence electrons. The summed E-state index contributed by atoms with van der Waals surface area (Å²) in [5, 5.41) is 12.1. The van der Waals surface area contributed by atoms with Crippen LogP contribution in [-0.2, 0) is 9.59 Å². The Hall–Kier alpha value is -1.88. The lowest BCUT2D eigenvalue weighted by Gasteiger charge is -2.35. The summed E-state index contributed by atoms with van der Waals surface area (Å²) in [5.41, 5.74) is 0.833. The first-order chi connectivity index (χ1) is 11.2. The number of rotatable bonds is 7. The van der Waals surface area contributed by atoms with E-state index in [2.05, 4.69) is 5.32 Å². The van der Waals surface area contributed by atoms with Crippen LogP contribution in [0.2, 0.25) is 0 Å². The molecule has 2 unspecified atom stereocenters. The first-order valence-corrected chi connectivity index (χ1v) is 8.43. The number of aliphatic hydroxyl groups is 1. The number of hydrogen-bond acceptors (Lipinski definition) is 3. The number of nitrogens with one attached hydrogen (secondary N) is 1. The molecule has 1 fully saturated rings. The first kappa shape index (κ1) is 17.5. The van der Waals surface area contributed by atoms with Crippen LogP contribution in [0.4, 0.5) is 0 Å². The van der Waals surface area contributed by atoms with Gasteiger partial charge in [-0.05, 0) is 31.2 Å². The van der Waals surface area contributed by atoms with Gasteiger partial charge in [-0.2, -0.15) is 0 Å². The maximum atomic E-state index is 12.8. The average Bonchev–Trinajstić information content (AvgIpc) is 2.57. The third-order valence-electron chi connectivity index (χ3n) is 4.35. The monoisotopic (exact) mass is 318 g/mol. The predicted molar refractivity (Wildman–Crippen MR) is 88.7 cm³/mol. The third kappa shape index (κ3) is 4.55. The molecule has 5 nitrogen and oxygen atoms in total. The lowest BCUT2D eigenvalue weighted by atomic mass is 9.99. The number of carbonyl (C=O) groups excluding carboxylic acids is 2. The number of carbonyl (C=O) groups is 2. The summed E-state index contributed by atoms with van der Waals surface area (Å²) in [6.45, 7) is 2.63. The third-order valence-corrected chi connectivity index (χ3v) is 4.35. The summed E-state index contributed by atoms with van der Waals surface area (Å²) in [5.74, 6) is -0.123. The molecule has 2 atom stereocenters. The Morgan fingerprint density at radius 1 is 1.30 bits per heavy atom. The van der Waals surface area contributed by atoms with Crippen molar-refractivity contribution in [2.24, 2.45) is 0 Å². The van der Waals surface area contributed by atoms with Crippen molar-refractivity contribution in [1.82, 2.24) is 10.2 Å². The standard InChI is InChI=1S/C18H26N2O3/c1-2-15(11-13-21)19-18(23)17(14-8-4-3-5-9-14)20-12-7-6-10-16(20)22/h3-5,8-9,15,17,21H,2,6-7,10-13H2,1H3,(H,19,23). The van der Waals surface area contributed by atoms with Gasteiger partial charge >= 0.3 is 0 Å². The maximum absolute atomic E-state index is 12.8. The van der Waals surface area contributed by atoms with Crippen molar-refractivity contribution in [1.29, 1.82) is 0 Å². The van der Waals surface area contributed by atoms with E-state index in [4.69, 9.17) is 5.11 Å². The van der Waals surface area contributed by atoms with Gasteiger partial charge in [0.25, 0.3) is 0 Å². The molecule has 2 N–H and O–H groups in total. The molecule has 1 aromatic carbocycles. The topological polar surface area (TPSA) is 69.6 Å². The van der Waals surface area contributed by atoms with E-state index < -0.39 is 6.04 Å². The quantitative estimate of drug-likeness (QED) is 0.808. The largest absolute Gasteiger partial charge is 0.396 e. The van der Waals surface area contributed by atoms with Crippen molar-refractivity contribution < 1.29 is 14.7 Å². The normalized spacial score (nSPS) is 17.7. The van der Waals surface area contributed by atoms with Crippen molar-refractivity contribution >= 4 is 11.8 Å². The van der Waals surface area contributed by atoms with E-state index in [1.54, 1.807) is 4.90 Å². The van der Waals surface area contributed by atoms with Crippen LogP contribution < -0.4 is 5.32 Å². The van der Waals surface area contributed by atoms with Gasteiger partial charge in [-0.3, -0.25) is 9.59 Å². The smallest absolute Gasteiger partial charge is 0.247 e. The Morgan fingerprint density at radius 3 is 2.65 bits per heavy atom.